The third-order valence-corrected chi connectivity index (χ3v) is 3.65. The van der Waals surface area contributed by atoms with Crippen molar-refractivity contribution in [2.24, 2.45) is 5.84 Å². The SMILES string of the molecule is CN(N)C(=O)OC(C)(C)C.CN(Nc1ccccc1-c1ccccc1)C(=O)OC(C)(C)C. The van der Waals surface area contributed by atoms with Crippen LogP contribution in [-0.2, 0) is 9.47 Å². The van der Waals surface area contributed by atoms with Crippen molar-refractivity contribution in [2.75, 3.05) is 19.5 Å². The number of nitrogens with zero attached hydrogens (tertiary/aromatic N) is 2. The average molecular weight is 445 g/mol. The Morgan fingerprint density at radius 2 is 1.25 bits per heavy atom. The molecule has 3 N–H and O–H groups in total. The van der Waals surface area contributed by atoms with Gasteiger partial charge < -0.3 is 9.47 Å². The molecule has 0 unspecified atom stereocenters. The molecule has 2 amide bonds. The summed E-state index contributed by atoms with van der Waals surface area (Å²) in [7, 11) is 3.09. The van der Waals surface area contributed by atoms with Crippen molar-refractivity contribution in [3.63, 3.8) is 0 Å². The smallest absolute Gasteiger partial charge is 0.428 e. The normalized spacial score (nSPS) is 10.9. The molecule has 0 fully saturated rings. The lowest BCUT2D eigenvalue weighted by Gasteiger charge is -2.26. The first-order valence-electron chi connectivity index (χ1n) is 10.3. The summed E-state index contributed by atoms with van der Waals surface area (Å²) in [6, 6.07) is 17.9. The van der Waals surface area contributed by atoms with Crippen LogP contribution in [0.5, 0.6) is 0 Å². The van der Waals surface area contributed by atoms with Crippen LogP contribution >= 0.6 is 0 Å². The van der Waals surface area contributed by atoms with Crippen molar-refractivity contribution in [1.29, 1.82) is 0 Å². The number of anilines is 1. The zero-order valence-corrected chi connectivity index (χ0v) is 20.3. The molecule has 0 heterocycles. The van der Waals surface area contributed by atoms with Gasteiger partial charge in [-0.15, -0.1) is 0 Å². The lowest BCUT2D eigenvalue weighted by atomic mass is 10.0. The molecule has 0 aromatic heterocycles. The lowest BCUT2D eigenvalue weighted by molar-refractivity contribution is 0.0295. The number of benzene rings is 2. The number of hydrogen-bond donors (Lipinski definition) is 2. The van der Waals surface area contributed by atoms with Crippen molar-refractivity contribution in [3.05, 3.63) is 54.6 Å². The Bertz CT molecular complexity index is 872. The highest BCUT2D eigenvalue weighted by atomic mass is 16.6. The molecular weight excluding hydrogens is 408 g/mol. The topological polar surface area (TPSA) is 97.1 Å². The Morgan fingerprint density at radius 1 is 0.781 bits per heavy atom. The largest absolute Gasteiger partial charge is 0.443 e. The van der Waals surface area contributed by atoms with Crippen molar-refractivity contribution in [1.82, 2.24) is 10.0 Å². The third-order valence-electron chi connectivity index (χ3n) is 3.65. The molecule has 2 aromatic rings. The maximum Gasteiger partial charge on any atom is 0.428 e. The van der Waals surface area contributed by atoms with E-state index >= 15 is 0 Å². The van der Waals surface area contributed by atoms with E-state index in [1.807, 2.05) is 75.4 Å². The summed E-state index contributed by atoms with van der Waals surface area (Å²) in [4.78, 5) is 22.8. The first-order chi connectivity index (χ1) is 14.7. The molecule has 0 radical (unpaired) electrons. The zero-order chi connectivity index (χ0) is 24.5. The summed E-state index contributed by atoms with van der Waals surface area (Å²) < 4.78 is 10.2. The van der Waals surface area contributed by atoms with Gasteiger partial charge in [-0.3, -0.25) is 5.43 Å². The Hall–Kier alpha value is -3.26. The van der Waals surface area contributed by atoms with E-state index in [9.17, 15) is 9.59 Å². The molecule has 0 aliphatic rings. The Morgan fingerprint density at radius 3 is 1.72 bits per heavy atom. The first-order valence-corrected chi connectivity index (χ1v) is 10.3. The van der Waals surface area contributed by atoms with E-state index in [0.29, 0.717) is 0 Å². The number of carbonyl (C=O) groups is 2. The Kier molecular flexibility index (Phi) is 9.53. The quantitative estimate of drug-likeness (QED) is 0.380. The zero-order valence-electron chi connectivity index (χ0n) is 20.3. The second-order valence-corrected chi connectivity index (χ2v) is 9.15. The lowest BCUT2D eigenvalue weighted by Crippen LogP contribution is -2.38. The minimum Gasteiger partial charge on any atom is -0.443 e. The number of rotatable bonds is 3. The van der Waals surface area contributed by atoms with Gasteiger partial charge in [0.15, 0.2) is 0 Å². The molecule has 0 aliphatic carbocycles. The van der Waals surface area contributed by atoms with Gasteiger partial charge in [-0.1, -0.05) is 48.5 Å². The molecule has 2 aromatic carbocycles. The van der Waals surface area contributed by atoms with E-state index in [1.165, 1.54) is 12.1 Å². The number of para-hydroxylation sites is 1. The van der Waals surface area contributed by atoms with E-state index in [4.69, 9.17) is 15.3 Å². The van der Waals surface area contributed by atoms with Crippen molar-refractivity contribution in [3.8, 4) is 11.1 Å². The van der Waals surface area contributed by atoms with Crippen LogP contribution in [0, 0.1) is 0 Å². The van der Waals surface area contributed by atoms with Gasteiger partial charge in [0, 0.05) is 19.7 Å². The van der Waals surface area contributed by atoms with Gasteiger partial charge in [0.05, 0.1) is 5.69 Å². The van der Waals surface area contributed by atoms with Gasteiger partial charge in [0.2, 0.25) is 0 Å². The van der Waals surface area contributed by atoms with Crippen LogP contribution < -0.4 is 11.3 Å². The van der Waals surface area contributed by atoms with Crippen molar-refractivity contribution < 1.29 is 19.1 Å². The van der Waals surface area contributed by atoms with E-state index in [2.05, 4.69) is 5.43 Å². The van der Waals surface area contributed by atoms with Crippen LogP contribution in [0.25, 0.3) is 11.1 Å². The number of hydrazine groups is 2. The molecule has 8 nitrogen and oxygen atoms in total. The van der Waals surface area contributed by atoms with Crippen molar-refractivity contribution in [2.45, 2.75) is 52.7 Å². The first kappa shape index (κ1) is 26.8. The summed E-state index contributed by atoms with van der Waals surface area (Å²) in [5, 5.41) is 2.26. The molecule has 0 aliphatic heterocycles. The molecular formula is C24H36N4O4. The highest BCUT2D eigenvalue weighted by Crippen LogP contribution is 2.27. The van der Waals surface area contributed by atoms with E-state index in [-0.39, 0.29) is 0 Å². The minimum absolute atomic E-state index is 0.421. The number of ether oxygens (including phenoxy) is 2. The van der Waals surface area contributed by atoms with E-state index < -0.39 is 23.4 Å². The van der Waals surface area contributed by atoms with Crippen LogP contribution in [0.3, 0.4) is 0 Å². The number of carbonyl (C=O) groups excluding carboxylic acids is 2. The second-order valence-electron chi connectivity index (χ2n) is 9.15. The summed E-state index contributed by atoms with van der Waals surface area (Å²) in [6.07, 6.45) is -0.942. The predicted octanol–water partition coefficient (Wildman–Crippen LogP) is 5.27. The molecule has 2 rings (SSSR count). The number of nitrogens with one attached hydrogen (secondary N) is 1. The van der Waals surface area contributed by atoms with Gasteiger partial charge in [-0.2, -0.15) is 0 Å². The van der Waals surface area contributed by atoms with Gasteiger partial charge in [0.25, 0.3) is 0 Å². The number of hydrogen-bond acceptors (Lipinski definition) is 6. The number of amides is 2. The summed E-state index contributed by atoms with van der Waals surface area (Å²) in [5.74, 6) is 5.10. The molecule has 8 heteroatoms. The van der Waals surface area contributed by atoms with Gasteiger partial charge >= 0.3 is 12.2 Å². The summed E-state index contributed by atoms with van der Waals surface area (Å²) >= 11 is 0. The van der Waals surface area contributed by atoms with Gasteiger partial charge in [-0.25, -0.2) is 25.4 Å². The van der Waals surface area contributed by atoms with E-state index in [1.54, 1.807) is 27.8 Å². The molecule has 0 atom stereocenters. The molecule has 32 heavy (non-hydrogen) atoms. The van der Waals surface area contributed by atoms with Crippen LogP contribution in [0.2, 0.25) is 0 Å². The average Bonchev–Trinajstić information content (AvgIpc) is 2.67. The Balaban J connectivity index is 0.000000433. The predicted molar refractivity (Wildman–Crippen MR) is 128 cm³/mol. The van der Waals surface area contributed by atoms with Crippen molar-refractivity contribution >= 4 is 17.9 Å². The van der Waals surface area contributed by atoms with Crippen LogP contribution in [0.4, 0.5) is 15.3 Å². The highest BCUT2D eigenvalue weighted by molar-refractivity contribution is 5.79. The molecule has 0 spiro atoms. The fourth-order valence-electron chi connectivity index (χ4n) is 2.34. The fraction of sp³-hybridized carbons (Fsp3) is 0.417. The summed E-state index contributed by atoms with van der Waals surface area (Å²) in [6.45, 7) is 10.9. The molecule has 0 saturated carbocycles. The monoisotopic (exact) mass is 444 g/mol. The van der Waals surface area contributed by atoms with Gasteiger partial charge in [-0.05, 0) is 53.2 Å². The van der Waals surface area contributed by atoms with Gasteiger partial charge in [0.1, 0.15) is 11.2 Å². The van der Waals surface area contributed by atoms with Crippen LogP contribution in [0.15, 0.2) is 54.6 Å². The summed E-state index contributed by atoms with van der Waals surface area (Å²) in [5.41, 5.74) is 5.06. The maximum absolute atomic E-state index is 12.1. The molecule has 0 saturated heterocycles. The molecule has 176 valence electrons. The van der Waals surface area contributed by atoms with Crippen LogP contribution in [0.1, 0.15) is 41.5 Å². The number of nitrogens with two attached hydrogens (primary N) is 1. The highest BCUT2D eigenvalue weighted by Gasteiger charge is 2.20. The second kappa shape index (κ2) is 11.4. The third kappa shape index (κ3) is 10.2. The standard InChI is InChI=1S/C18H22N2O2.C6H14N2O2/c1-18(2,3)22-17(21)20(4)19-16-13-9-8-12-15(16)14-10-6-5-7-11-14;1-6(2,3)10-5(9)8(4)7/h5-13,19H,1-4H3;7H2,1-4H3. The Labute approximate surface area is 191 Å². The van der Waals surface area contributed by atoms with E-state index in [0.717, 1.165) is 21.8 Å². The maximum atomic E-state index is 12.1. The minimum atomic E-state index is -0.522. The molecule has 0 bridgehead atoms. The fourth-order valence-corrected chi connectivity index (χ4v) is 2.34. The van der Waals surface area contributed by atoms with Crippen LogP contribution in [-0.4, -0.2) is 47.5 Å².